The Morgan fingerprint density at radius 3 is 2.39 bits per heavy atom. The van der Waals surface area contributed by atoms with E-state index >= 15 is 0 Å². The van der Waals surface area contributed by atoms with Crippen LogP contribution in [0.4, 0.5) is 18.9 Å². The number of imidazole rings is 1. The first-order valence-corrected chi connectivity index (χ1v) is 10.2. The number of nitrogens with one attached hydrogen (secondary N) is 1. The molecule has 1 aromatic carbocycles. The summed E-state index contributed by atoms with van der Waals surface area (Å²) in [6.45, 7) is 6.86. The molecular weight excluding hydrogens is 431 g/mol. The number of hydrogen-bond donors (Lipinski definition) is 1. The molecular formula is C24H22F3N5O. The van der Waals surface area contributed by atoms with E-state index in [4.69, 9.17) is 0 Å². The Morgan fingerprint density at radius 1 is 0.970 bits per heavy atom. The lowest BCUT2D eigenvalue weighted by Crippen LogP contribution is -2.28. The summed E-state index contributed by atoms with van der Waals surface area (Å²) in [7, 11) is 0. The molecule has 0 spiro atoms. The lowest BCUT2D eigenvalue weighted by atomic mass is 9.95. The van der Waals surface area contributed by atoms with Crippen molar-refractivity contribution in [2.24, 2.45) is 5.41 Å². The highest BCUT2D eigenvalue weighted by Gasteiger charge is 2.35. The molecule has 0 fully saturated rings. The molecule has 0 saturated heterocycles. The van der Waals surface area contributed by atoms with Crippen LogP contribution in [0.2, 0.25) is 0 Å². The Kier molecular flexibility index (Phi) is 5.43. The van der Waals surface area contributed by atoms with Crippen molar-refractivity contribution in [1.82, 2.24) is 19.6 Å². The second-order valence-corrected chi connectivity index (χ2v) is 8.83. The highest BCUT2D eigenvalue weighted by atomic mass is 19.4. The van der Waals surface area contributed by atoms with Crippen molar-refractivity contribution in [3.05, 3.63) is 66.0 Å². The summed E-state index contributed by atoms with van der Waals surface area (Å²) in [6.07, 6.45) is -1.28. The number of hydrogen-bond acceptors (Lipinski definition) is 4. The Morgan fingerprint density at radius 2 is 1.73 bits per heavy atom. The fourth-order valence-corrected chi connectivity index (χ4v) is 3.20. The van der Waals surface area contributed by atoms with Crippen LogP contribution in [0.25, 0.3) is 28.3 Å². The third-order valence-corrected chi connectivity index (χ3v) is 5.05. The number of halogens is 3. The van der Waals surface area contributed by atoms with E-state index in [2.05, 4.69) is 20.4 Å². The van der Waals surface area contributed by atoms with Gasteiger partial charge in [0.05, 0.1) is 28.8 Å². The number of aryl methyl sites for hydroxylation is 1. The van der Waals surface area contributed by atoms with Gasteiger partial charge in [0, 0.05) is 17.2 Å². The quantitative estimate of drug-likeness (QED) is 0.427. The van der Waals surface area contributed by atoms with Gasteiger partial charge in [-0.2, -0.15) is 18.3 Å². The second kappa shape index (κ2) is 7.99. The summed E-state index contributed by atoms with van der Waals surface area (Å²) in [4.78, 5) is 21.2. The molecule has 3 aromatic heterocycles. The normalized spacial score (nSPS) is 12.2. The number of amides is 1. The second-order valence-electron chi connectivity index (χ2n) is 8.83. The van der Waals surface area contributed by atoms with Gasteiger partial charge in [-0.15, -0.1) is 0 Å². The number of nitrogens with zero attached hydrogens (tertiary/aromatic N) is 4. The summed E-state index contributed by atoms with van der Waals surface area (Å²) >= 11 is 0. The number of pyridine rings is 1. The molecule has 0 aliphatic heterocycles. The van der Waals surface area contributed by atoms with E-state index < -0.39 is 23.1 Å². The van der Waals surface area contributed by atoms with E-state index in [1.54, 1.807) is 49.8 Å². The molecule has 0 atom stereocenters. The van der Waals surface area contributed by atoms with Crippen molar-refractivity contribution in [3.63, 3.8) is 0 Å². The molecule has 3 heterocycles. The van der Waals surface area contributed by atoms with Crippen molar-refractivity contribution in [2.45, 2.75) is 33.9 Å². The van der Waals surface area contributed by atoms with Gasteiger partial charge in [-0.1, -0.05) is 26.8 Å². The van der Waals surface area contributed by atoms with Crippen molar-refractivity contribution < 1.29 is 18.0 Å². The van der Waals surface area contributed by atoms with Gasteiger partial charge in [0.2, 0.25) is 5.91 Å². The van der Waals surface area contributed by atoms with Crippen LogP contribution in [0, 0.1) is 12.3 Å². The number of benzene rings is 1. The number of rotatable bonds is 3. The highest BCUT2D eigenvalue weighted by Crippen LogP contribution is 2.37. The summed E-state index contributed by atoms with van der Waals surface area (Å²) < 4.78 is 42.2. The monoisotopic (exact) mass is 453 g/mol. The molecule has 0 unspecified atom stereocenters. The molecule has 1 amide bonds. The summed E-state index contributed by atoms with van der Waals surface area (Å²) in [5.74, 6) is -0.517. The third kappa shape index (κ3) is 4.72. The van der Waals surface area contributed by atoms with Gasteiger partial charge < -0.3 is 5.32 Å². The van der Waals surface area contributed by atoms with Gasteiger partial charge in [-0.3, -0.25) is 9.78 Å². The number of alkyl halides is 3. The minimum Gasteiger partial charge on any atom is -0.325 e. The van der Waals surface area contributed by atoms with Crippen LogP contribution in [0.1, 0.15) is 31.9 Å². The number of carbonyl (C=O) groups excluding carboxylic acids is 1. The van der Waals surface area contributed by atoms with Crippen LogP contribution in [0.3, 0.4) is 0 Å². The zero-order valence-corrected chi connectivity index (χ0v) is 18.5. The van der Waals surface area contributed by atoms with Gasteiger partial charge in [-0.05, 0) is 48.9 Å². The Hall–Kier alpha value is -3.75. The third-order valence-electron chi connectivity index (χ3n) is 5.05. The average Bonchev–Trinajstić information content (AvgIpc) is 3.15. The molecule has 0 radical (unpaired) electrons. The number of carbonyl (C=O) groups is 1. The minimum atomic E-state index is -4.62. The molecule has 33 heavy (non-hydrogen) atoms. The molecule has 0 aliphatic rings. The molecule has 0 aliphatic carbocycles. The Labute approximate surface area is 188 Å². The molecule has 0 bridgehead atoms. The minimum absolute atomic E-state index is 0.311. The number of aromatic nitrogens is 4. The van der Waals surface area contributed by atoms with Crippen molar-refractivity contribution >= 4 is 17.2 Å². The van der Waals surface area contributed by atoms with E-state index in [1.807, 2.05) is 19.1 Å². The Balaban J connectivity index is 1.75. The molecule has 1 N–H and O–H groups in total. The van der Waals surface area contributed by atoms with Crippen LogP contribution < -0.4 is 5.32 Å². The number of fused-ring (bicyclic) bond motifs is 1. The topological polar surface area (TPSA) is 72.2 Å². The smallest absolute Gasteiger partial charge is 0.325 e. The Bertz CT molecular complexity index is 1350. The van der Waals surface area contributed by atoms with Crippen LogP contribution in [-0.4, -0.2) is 25.5 Å². The standard InChI is InChI=1S/C24H22F3N5O/c1-14-9-10-28-19(11-14)17-7-8-21-29-20(13-32(21)31-17)15-5-6-16(24(25,26)27)18(12-15)30-22(33)23(2,3)4/h5-13H,1-4H3,(H,30,33). The van der Waals surface area contributed by atoms with Crippen molar-refractivity contribution in [1.29, 1.82) is 0 Å². The zero-order chi connectivity index (χ0) is 24.0. The van der Waals surface area contributed by atoms with E-state index in [-0.39, 0.29) is 5.69 Å². The lowest BCUT2D eigenvalue weighted by Gasteiger charge is -2.20. The molecule has 4 rings (SSSR count). The SMILES string of the molecule is Cc1ccnc(-c2ccc3nc(-c4ccc(C(F)(F)F)c(NC(=O)C(C)(C)C)c4)cn3n2)c1. The maximum atomic E-state index is 13.5. The van der Waals surface area contributed by atoms with Crippen LogP contribution in [0.15, 0.2) is 54.9 Å². The van der Waals surface area contributed by atoms with Crippen molar-refractivity contribution in [3.8, 4) is 22.6 Å². The maximum Gasteiger partial charge on any atom is 0.418 e. The van der Waals surface area contributed by atoms with Crippen molar-refractivity contribution in [2.75, 3.05) is 5.32 Å². The zero-order valence-electron chi connectivity index (χ0n) is 18.5. The van der Waals surface area contributed by atoms with Gasteiger partial charge in [-0.25, -0.2) is 9.50 Å². The predicted octanol–water partition coefficient (Wildman–Crippen LogP) is 5.77. The first-order chi connectivity index (χ1) is 15.4. The fourth-order valence-electron chi connectivity index (χ4n) is 3.20. The molecule has 4 aromatic rings. The van der Waals surface area contributed by atoms with Gasteiger partial charge >= 0.3 is 6.18 Å². The predicted molar refractivity (Wildman–Crippen MR) is 119 cm³/mol. The van der Waals surface area contributed by atoms with Gasteiger partial charge in [0.25, 0.3) is 0 Å². The van der Waals surface area contributed by atoms with E-state index in [0.717, 1.165) is 11.6 Å². The molecule has 9 heteroatoms. The fraction of sp³-hybridized carbons (Fsp3) is 0.250. The largest absolute Gasteiger partial charge is 0.418 e. The van der Waals surface area contributed by atoms with Crippen LogP contribution >= 0.6 is 0 Å². The lowest BCUT2D eigenvalue weighted by molar-refractivity contribution is -0.137. The van der Waals surface area contributed by atoms with Gasteiger partial charge in [0.1, 0.15) is 5.69 Å². The first kappa shape index (κ1) is 22.4. The first-order valence-electron chi connectivity index (χ1n) is 10.2. The molecule has 0 saturated carbocycles. The summed E-state index contributed by atoms with van der Waals surface area (Å²) in [5, 5.41) is 6.95. The van der Waals surface area contributed by atoms with E-state index in [0.29, 0.717) is 28.3 Å². The molecule has 170 valence electrons. The van der Waals surface area contributed by atoms with Crippen LogP contribution in [-0.2, 0) is 11.0 Å². The van der Waals surface area contributed by atoms with Gasteiger partial charge in [0.15, 0.2) is 5.65 Å². The molecule has 6 nitrogen and oxygen atoms in total. The van der Waals surface area contributed by atoms with E-state index in [9.17, 15) is 18.0 Å². The van der Waals surface area contributed by atoms with E-state index in [1.165, 1.54) is 12.1 Å². The highest BCUT2D eigenvalue weighted by molar-refractivity contribution is 5.96. The maximum absolute atomic E-state index is 13.5. The van der Waals surface area contributed by atoms with Crippen LogP contribution in [0.5, 0.6) is 0 Å². The summed E-state index contributed by atoms with van der Waals surface area (Å²) in [6, 6.07) is 10.9. The average molecular weight is 453 g/mol. The number of anilines is 1. The summed E-state index contributed by atoms with van der Waals surface area (Å²) in [5.41, 5.74) is 1.68.